The van der Waals surface area contributed by atoms with Crippen molar-refractivity contribution in [2.75, 3.05) is 51.7 Å². The molecule has 2 atom stereocenters. The van der Waals surface area contributed by atoms with E-state index in [1.165, 1.54) is 0 Å². The first kappa shape index (κ1) is 24.7. The lowest BCUT2D eigenvalue weighted by molar-refractivity contribution is 0.0765. The van der Waals surface area contributed by atoms with Gasteiger partial charge in [-0.15, -0.1) is 0 Å². The van der Waals surface area contributed by atoms with Crippen molar-refractivity contribution in [1.82, 2.24) is 19.6 Å². The lowest BCUT2D eigenvalue weighted by Gasteiger charge is -2.22. The van der Waals surface area contributed by atoms with Gasteiger partial charge in [-0.2, -0.15) is 5.10 Å². The highest BCUT2D eigenvalue weighted by atomic mass is 35.5. The number of benzene rings is 2. The lowest BCUT2D eigenvalue weighted by atomic mass is 10.0. The van der Waals surface area contributed by atoms with E-state index in [0.717, 1.165) is 79.1 Å². The maximum absolute atomic E-state index is 13.5. The Bertz CT molecular complexity index is 1210. The van der Waals surface area contributed by atoms with Gasteiger partial charge in [0.05, 0.1) is 18.5 Å². The van der Waals surface area contributed by atoms with Crippen LogP contribution in [0.4, 0.5) is 5.69 Å². The summed E-state index contributed by atoms with van der Waals surface area (Å²) in [5.74, 6) is 1.92. The fourth-order valence-corrected chi connectivity index (χ4v) is 5.59. The summed E-state index contributed by atoms with van der Waals surface area (Å²) in [5, 5.41) is 8.87. The number of hydrogen-bond donors (Lipinski definition) is 1. The van der Waals surface area contributed by atoms with Gasteiger partial charge in [0.1, 0.15) is 11.4 Å². The van der Waals surface area contributed by atoms with Crippen LogP contribution in [0.25, 0.3) is 5.69 Å². The first-order valence-corrected chi connectivity index (χ1v) is 13.0. The molecule has 0 saturated carbocycles. The highest BCUT2D eigenvalue weighted by Crippen LogP contribution is 2.32. The molecule has 2 aliphatic heterocycles. The number of amides is 1. The summed E-state index contributed by atoms with van der Waals surface area (Å²) in [6.45, 7) is 9.67. The van der Waals surface area contributed by atoms with E-state index in [2.05, 4.69) is 21.4 Å². The van der Waals surface area contributed by atoms with E-state index in [4.69, 9.17) is 16.3 Å². The second kappa shape index (κ2) is 10.5. The van der Waals surface area contributed by atoms with Crippen molar-refractivity contribution in [1.29, 1.82) is 0 Å². The van der Waals surface area contributed by atoms with E-state index in [1.54, 1.807) is 11.8 Å². The number of halogens is 1. The molecule has 190 valence electrons. The first-order valence-electron chi connectivity index (χ1n) is 12.6. The number of aromatic nitrogens is 2. The van der Waals surface area contributed by atoms with Gasteiger partial charge in [-0.05, 0) is 86.7 Å². The molecule has 5 rings (SSSR count). The van der Waals surface area contributed by atoms with Crippen molar-refractivity contribution in [2.45, 2.75) is 20.3 Å². The maximum Gasteiger partial charge on any atom is 0.272 e. The maximum atomic E-state index is 13.5. The zero-order valence-corrected chi connectivity index (χ0v) is 22.0. The van der Waals surface area contributed by atoms with Gasteiger partial charge >= 0.3 is 0 Å². The Morgan fingerprint density at radius 2 is 1.78 bits per heavy atom. The van der Waals surface area contributed by atoms with Gasteiger partial charge in [0.2, 0.25) is 0 Å². The minimum atomic E-state index is 0.0633. The molecule has 1 aromatic heterocycles. The number of methoxy groups -OCH3 is 1. The van der Waals surface area contributed by atoms with Gasteiger partial charge in [0.15, 0.2) is 0 Å². The Balaban J connectivity index is 1.13. The van der Waals surface area contributed by atoms with Gasteiger partial charge in [0, 0.05) is 43.4 Å². The Kier molecular flexibility index (Phi) is 7.21. The summed E-state index contributed by atoms with van der Waals surface area (Å²) in [6, 6.07) is 15.6. The van der Waals surface area contributed by atoms with Gasteiger partial charge < -0.3 is 19.9 Å². The molecule has 2 fully saturated rings. The smallest absolute Gasteiger partial charge is 0.272 e. The molecule has 0 aliphatic carbocycles. The fraction of sp³-hybridized carbons (Fsp3) is 0.429. The van der Waals surface area contributed by atoms with Gasteiger partial charge in [0.25, 0.3) is 5.91 Å². The monoisotopic (exact) mass is 507 g/mol. The average molecular weight is 508 g/mol. The third-order valence-corrected chi connectivity index (χ3v) is 7.78. The molecule has 1 N–H and O–H groups in total. The molecule has 2 saturated heterocycles. The summed E-state index contributed by atoms with van der Waals surface area (Å²) < 4.78 is 7.02. The Labute approximate surface area is 218 Å². The van der Waals surface area contributed by atoms with Crippen molar-refractivity contribution in [3.05, 3.63) is 70.5 Å². The quantitative estimate of drug-likeness (QED) is 0.449. The van der Waals surface area contributed by atoms with Crippen LogP contribution in [0.1, 0.15) is 28.2 Å². The molecule has 7 nitrogen and oxygen atoms in total. The molecule has 3 heterocycles. The predicted octanol–water partition coefficient (Wildman–Crippen LogP) is 4.66. The van der Waals surface area contributed by atoms with Crippen LogP contribution < -0.4 is 10.1 Å². The third-order valence-electron chi connectivity index (χ3n) is 7.37. The predicted molar refractivity (Wildman–Crippen MR) is 143 cm³/mol. The molecule has 1 amide bonds. The van der Waals surface area contributed by atoms with Crippen LogP contribution in [0.15, 0.2) is 48.5 Å². The molecular formula is C28H34ClN5O2. The third kappa shape index (κ3) is 5.22. The number of carbonyl (C=O) groups is 1. The van der Waals surface area contributed by atoms with Crippen LogP contribution in [0.3, 0.4) is 0 Å². The Morgan fingerprint density at radius 1 is 1.06 bits per heavy atom. The zero-order valence-electron chi connectivity index (χ0n) is 21.2. The summed E-state index contributed by atoms with van der Waals surface area (Å²) >= 11 is 6.22. The number of ether oxygens (including phenoxy) is 1. The summed E-state index contributed by atoms with van der Waals surface area (Å²) in [5.41, 5.74) is 4.48. The molecule has 2 aliphatic rings. The molecule has 8 heteroatoms. The SMILES string of the molecule is COc1ccc(-n2nc(C)cc2C(=O)N2CC3CN(CCCNc4ccc(C)c(Cl)c4)CC3C2)cc1. The molecule has 2 unspecified atom stereocenters. The van der Waals surface area contributed by atoms with Crippen molar-refractivity contribution < 1.29 is 9.53 Å². The lowest BCUT2D eigenvalue weighted by Crippen LogP contribution is -2.34. The van der Waals surface area contributed by atoms with Crippen LogP contribution in [0, 0.1) is 25.7 Å². The highest BCUT2D eigenvalue weighted by molar-refractivity contribution is 6.31. The molecule has 0 spiro atoms. The minimum absolute atomic E-state index is 0.0633. The van der Waals surface area contributed by atoms with Gasteiger partial charge in [-0.1, -0.05) is 17.7 Å². The molecular weight excluding hydrogens is 474 g/mol. The topological polar surface area (TPSA) is 62.6 Å². The fourth-order valence-electron chi connectivity index (χ4n) is 5.41. The normalized spacial score (nSPS) is 19.5. The van der Waals surface area contributed by atoms with E-state index in [9.17, 15) is 4.79 Å². The number of nitrogens with zero attached hydrogens (tertiary/aromatic N) is 4. The van der Waals surface area contributed by atoms with E-state index in [0.29, 0.717) is 17.5 Å². The van der Waals surface area contributed by atoms with E-state index < -0.39 is 0 Å². The summed E-state index contributed by atoms with van der Waals surface area (Å²) in [6.07, 6.45) is 1.08. The highest BCUT2D eigenvalue weighted by Gasteiger charge is 2.42. The number of hydrogen-bond acceptors (Lipinski definition) is 5. The minimum Gasteiger partial charge on any atom is -0.497 e. The Morgan fingerprint density at radius 3 is 2.44 bits per heavy atom. The average Bonchev–Trinajstić information content (AvgIpc) is 3.56. The number of nitrogens with one attached hydrogen (secondary N) is 1. The number of fused-ring (bicyclic) bond motifs is 1. The van der Waals surface area contributed by atoms with E-state index in [-0.39, 0.29) is 5.91 Å². The van der Waals surface area contributed by atoms with Crippen LogP contribution >= 0.6 is 11.6 Å². The van der Waals surface area contributed by atoms with Gasteiger partial charge in [-0.25, -0.2) is 4.68 Å². The molecule has 0 radical (unpaired) electrons. The van der Waals surface area contributed by atoms with Crippen molar-refractivity contribution in [2.24, 2.45) is 11.8 Å². The molecule has 2 aromatic carbocycles. The Hall–Kier alpha value is -3.03. The first-order chi connectivity index (χ1) is 17.4. The number of aryl methyl sites for hydroxylation is 2. The van der Waals surface area contributed by atoms with Crippen molar-refractivity contribution >= 4 is 23.2 Å². The molecule has 3 aromatic rings. The summed E-state index contributed by atoms with van der Waals surface area (Å²) in [7, 11) is 1.64. The number of carbonyl (C=O) groups excluding carboxylic acids is 1. The second-order valence-corrected chi connectivity index (χ2v) is 10.4. The molecule has 36 heavy (non-hydrogen) atoms. The standard InChI is InChI=1S/C28H34ClN5O2/c1-19-5-6-23(14-26(19)29)30-11-4-12-32-15-21-17-33(18-22(21)16-32)28(35)27-13-20(2)31-34(27)24-7-9-25(36-3)10-8-24/h5-10,13-14,21-22,30H,4,11-12,15-18H2,1-3H3. The van der Waals surface area contributed by atoms with Crippen LogP contribution in [-0.4, -0.2) is 71.9 Å². The number of rotatable bonds is 8. The zero-order chi connectivity index (χ0) is 25.2. The summed E-state index contributed by atoms with van der Waals surface area (Å²) in [4.78, 5) is 18.1. The second-order valence-electron chi connectivity index (χ2n) is 10.0. The van der Waals surface area contributed by atoms with Crippen LogP contribution in [0.5, 0.6) is 5.75 Å². The van der Waals surface area contributed by atoms with Crippen LogP contribution in [0.2, 0.25) is 5.02 Å². The van der Waals surface area contributed by atoms with Crippen molar-refractivity contribution in [3.8, 4) is 11.4 Å². The van der Waals surface area contributed by atoms with Gasteiger partial charge in [-0.3, -0.25) is 4.79 Å². The van der Waals surface area contributed by atoms with Crippen molar-refractivity contribution in [3.63, 3.8) is 0 Å². The van der Waals surface area contributed by atoms with E-state index >= 15 is 0 Å². The number of anilines is 1. The number of likely N-dealkylation sites (tertiary alicyclic amines) is 2. The van der Waals surface area contributed by atoms with Crippen LogP contribution in [-0.2, 0) is 0 Å². The molecule has 0 bridgehead atoms. The van der Waals surface area contributed by atoms with E-state index in [1.807, 2.05) is 61.2 Å². The largest absolute Gasteiger partial charge is 0.497 e.